The molecule has 2 nitrogen and oxygen atoms in total. The maximum atomic E-state index is 9.26. The van der Waals surface area contributed by atoms with E-state index in [0.29, 0.717) is 15.6 Å². The summed E-state index contributed by atoms with van der Waals surface area (Å²) in [5.74, 6) is 0. The molecule has 0 spiro atoms. The average molecular weight is 257 g/mol. The molecule has 0 heterocycles. The molecule has 1 aromatic carbocycles. The van der Waals surface area contributed by atoms with Gasteiger partial charge in [0.25, 0.3) is 0 Å². The van der Waals surface area contributed by atoms with Crippen LogP contribution in [-0.2, 0) is 0 Å². The van der Waals surface area contributed by atoms with Gasteiger partial charge in [0.15, 0.2) is 0 Å². The highest BCUT2D eigenvalue weighted by atomic mass is 35.5. The van der Waals surface area contributed by atoms with Crippen molar-refractivity contribution < 1.29 is 5.11 Å². The van der Waals surface area contributed by atoms with Gasteiger partial charge in [-0.05, 0) is 18.6 Å². The lowest BCUT2D eigenvalue weighted by molar-refractivity contribution is 0.164. The third-order valence-corrected chi connectivity index (χ3v) is 2.69. The van der Waals surface area contributed by atoms with Gasteiger partial charge in [0, 0.05) is 0 Å². The van der Waals surface area contributed by atoms with E-state index in [1.165, 1.54) is 0 Å². The van der Waals surface area contributed by atoms with Crippen LogP contribution in [0.3, 0.4) is 0 Å². The van der Waals surface area contributed by atoms with Crippen LogP contribution in [0.5, 0.6) is 0 Å². The second kappa shape index (κ2) is 5.79. The molecule has 0 radical (unpaired) electrons. The fourth-order valence-corrected chi connectivity index (χ4v) is 1.47. The van der Waals surface area contributed by atoms with Crippen molar-refractivity contribution >= 4 is 35.6 Å². The molecule has 1 rings (SSSR count). The van der Waals surface area contributed by atoms with Crippen LogP contribution >= 0.6 is 35.6 Å². The van der Waals surface area contributed by atoms with Crippen molar-refractivity contribution in [1.82, 2.24) is 0 Å². The van der Waals surface area contributed by atoms with E-state index in [2.05, 4.69) is 0 Å². The predicted molar refractivity (Wildman–Crippen MR) is 62.3 cm³/mol. The van der Waals surface area contributed by atoms with E-state index < -0.39 is 12.1 Å². The van der Waals surface area contributed by atoms with Gasteiger partial charge >= 0.3 is 0 Å². The SMILES string of the molecule is C[C@@H](O)[C@@H](N)c1cccc(Cl)c1Cl.Cl. The van der Waals surface area contributed by atoms with E-state index in [1.807, 2.05) is 0 Å². The summed E-state index contributed by atoms with van der Waals surface area (Å²) in [4.78, 5) is 0. The molecule has 5 heteroatoms. The summed E-state index contributed by atoms with van der Waals surface area (Å²) in [5.41, 5.74) is 6.38. The zero-order valence-corrected chi connectivity index (χ0v) is 9.90. The Bertz CT molecular complexity index is 304. The van der Waals surface area contributed by atoms with Crippen molar-refractivity contribution in [3.63, 3.8) is 0 Å². The first-order chi connectivity index (χ1) is 6.04. The molecule has 80 valence electrons. The van der Waals surface area contributed by atoms with E-state index in [4.69, 9.17) is 28.9 Å². The van der Waals surface area contributed by atoms with Gasteiger partial charge in [0.2, 0.25) is 0 Å². The molecule has 0 saturated heterocycles. The van der Waals surface area contributed by atoms with E-state index >= 15 is 0 Å². The minimum atomic E-state index is -0.643. The van der Waals surface area contributed by atoms with Gasteiger partial charge < -0.3 is 10.8 Å². The fraction of sp³-hybridized carbons (Fsp3) is 0.333. The standard InChI is InChI=1S/C9H11Cl2NO.ClH/c1-5(13)9(12)6-3-2-4-7(10)8(6)11;/h2-5,9,13H,12H2,1H3;1H/t5-,9-;/m1./s1. The summed E-state index contributed by atoms with van der Waals surface area (Å²) in [7, 11) is 0. The number of benzene rings is 1. The van der Waals surface area contributed by atoms with Crippen LogP contribution in [0.4, 0.5) is 0 Å². The molecule has 0 aromatic heterocycles. The summed E-state index contributed by atoms with van der Waals surface area (Å²) in [6, 6.07) is 4.70. The lowest BCUT2D eigenvalue weighted by Gasteiger charge is -2.16. The summed E-state index contributed by atoms with van der Waals surface area (Å²) in [5, 5.41) is 10.1. The predicted octanol–water partition coefficient (Wildman–Crippen LogP) is 2.80. The highest BCUT2D eigenvalue weighted by molar-refractivity contribution is 6.42. The molecule has 0 aliphatic rings. The first-order valence-corrected chi connectivity index (χ1v) is 4.67. The molecule has 0 saturated carbocycles. The smallest absolute Gasteiger partial charge is 0.0705 e. The highest BCUT2D eigenvalue weighted by Crippen LogP contribution is 2.29. The summed E-state index contributed by atoms with van der Waals surface area (Å²) < 4.78 is 0. The lowest BCUT2D eigenvalue weighted by atomic mass is 10.0. The quantitative estimate of drug-likeness (QED) is 0.855. The topological polar surface area (TPSA) is 46.2 Å². The second-order valence-electron chi connectivity index (χ2n) is 2.91. The first-order valence-electron chi connectivity index (χ1n) is 3.91. The van der Waals surface area contributed by atoms with Gasteiger partial charge in [-0.25, -0.2) is 0 Å². The Morgan fingerprint density at radius 3 is 2.43 bits per heavy atom. The average Bonchev–Trinajstić information content (AvgIpc) is 2.08. The number of nitrogens with two attached hydrogens (primary N) is 1. The van der Waals surface area contributed by atoms with Gasteiger partial charge in [0.1, 0.15) is 0 Å². The highest BCUT2D eigenvalue weighted by Gasteiger charge is 2.16. The monoisotopic (exact) mass is 255 g/mol. The minimum absolute atomic E-state index is 0. The molecular weight excluding hydrogens is 244 g/mol. The van der Waals surface area contributed by atoms with Crippen molar-refractivity contribution in [2.75, 3.05) is 0 Å². The molecular formula is C9H12Cl3NO. The lowest BCUT2D eigenvalue weighted by Crippen LogP contribution is -2.23. The molecule has 0 aliphatic carbocycles. The third kappa shape index (κ3) is 3.01. The number of rotatable bonds is 2. The van der Waals surface area contributed by atoms with Crippen LogP contribution in [0, 0.1) is 0 Å². The normalized spacial score (nSPS) is 14.4. The van der Waals surface area contributed by atoms with Crippen molar-refractivity contribution in [3.05, 3.63) is 33.8 Å². The zero-order valence-electron chi connectivity index (χ0n) is 7.58. The molecule has 0 bridgehead atoms. The maximum Gasteiger partial charge on any atom is 0.0705 e. The van der Waals surface area contributed by atoms with Crippen LogP contribution in [0.25, 0.3) is 0 Å². The Kier molecular flexibility index (Phi) is 5.79. The van der Waals surface area contributed by atoms with Gasteiger partial charge in [0.05, 0.1) is 22.2 Å². The van der Waals surface area contributed by atoms with E-state index in [-0.39, 0.29) is 12.4 Å². The number of hydrogen-bond acceptors (Lipinski definition) is 2. The largest absolute Gasteiger partial charge is 0.391 e. The maximum absolute atomic E-state index is 9.26. The van der Waals surface area contributed by atoms with Crippen LogP contribution in [0.1, 0.15) is 18.5 Å². The molecule has 14 heavy (non-hydrogen) atoms. The van der Waals surface area contributed by atoms with E-state index in [0.717, 1.165) is 0 Å². The Morgan fingerprint density at radius 1 is 1.36 bits per heavy atom. The summed E-state index contributed by atoms with van der Waals surface area (Å²) in [6.07, 6.45) is -0.643. The number of aliphatic hydroxyl groups is 1. The summed E-state index contributed by atoms with van der Waals surface area (Å²) >= 11 is 11.7. The Morgan fingerprint density at radius 2 is 1.93 bits per heavy atom. The van der Waals surface area contributed by atoms with E-state index in [9.17, 15) is 5.11 Å². The number of aliphatic hydroxyl groups excluding tert-OH is 1. The van der Waals surface area contributed by atoms with Crippen molar-refractivity contribution in [2.45, 2.75) is 19.1 Å². The minimum Gasteiger partial charge on any atom is -0.391 e. The fourth-order valence-electron chi connectivity index (χ4n) is 1.04. The van der Waals surface area contributed by atoms with Crippen molar-refractivity contribution in [2.24, 2.45) is 5.73 Å². The van der Waals surface area contributed by atoms with Crippen LogP contribution < -0.4 is 5.73 Å². The Labute approximate surface area is 99.4 Å². The van der Waals surface area contributed by atoms with Gasteiger partial charge in [-0.3, -0.25) is 0 Å². The molecule has 2 atom stereocenters. The van der Waals surface area contributed by atoms with Gasteiger partial charge in [-0.1, -0.05) is 35.3 Å². The second-order valence-corrected chi connectivity index (χ2v) is 3.69. The van der Waals surface area contributed by atoms with Crippen LogP contribution in [0.2, 0.25) is 10.0 Å². The molecule has 3 N–H and O–H groups in total. The van der Waals surface area contributed by atoms with Gasteiger partial charge in [-0.15, -0.1) is 12.4 Å². The Balaban J connectivity index is 0.00000169. The first kappa shape index (κ1) is 14.0. The molecule has 1 aromatic rings. The Hall–Kier alpha value is 0.01000. The van der Waals surface area contributed by atoms with E-state index in [1.54, 1.807) is 25.1 Å². The molecule has 0 unspecified atom stereocenters. The molecule has 0 fully saturated rings. The van der Waals surface area contributed by atoms with Crippen LogP contribution in [-0.4, -0.2) is 11.2 Å². The third-order valence-electron chi connectivity index (χ3n) is 1.86. The number of hydrogen-bond donors (Lipinski definition) is 2. The number of halogens is 3. The summed E-state index contributed by atoms with van der Waals surface area (Å²) in [6.45, 7) is 1.61. The molecule has 0 aliphatic heterocycles. The van der Waals surface area contributed by atoms with Crippen LogP contribution in [0.15, 0.2) is 18.2 Å². The molecule has 0 amide bonds. The van der Waals surface area contributed by atoms with Crippen molar-refractivity contribution in [1.29, 1.82) is 0 Å². The van der Waals surface area contributed by atoms with Gasteiger partial charge in [-0.2, -0.15) is 0 Å². The zero-order chi connectivity index (χ0) is 10.0. The van der Waals surface area contributed by atoms with Crippen molar-refractivity contribution in [3.8, 4) is 0 Å².